The zero-order valence-corrected chi connectivity index (χ0v) is 24.5. The molecular weight excluding hydrogens is 544 g/mol. The highest BCUT2D eigenvalue weighted by Crippen LogP contribution is 2.43. The minimum atomic E-state index is -0.448. The number of anilines is 2. The number of benzene rings is 1. The van der Waals surface area contributed by atoms with Crippen molar-refractivity contribution in [2.24, 2.45) is 0 Å². The number of halogens is 1. The third-order valence-corrected chi connectivity index (χ3v) is 7.81. The first-order valence-electron chi connectivity index (χ1n) is 13.5. The van der Waals surface area contributed by atoms with Crippen molar-refractivity contribution in [2.45, 2.75) is 25.3 Å². The molecule has 5 rings (SSSR count). The van der Waals surface area contributed by atoms with Crippen molar-refractivity contribution in [1.82, 2.24) is 25.1 Å². The largest absolute Gasteiger partial charge is 0.493 e. The molecule has 0 unspecified atom stereocenters. The number of amides is 2. The minimum Gasteiger partial charge on any atom is -0.493 e. The Hall–Kier alpha value is -4.02. The first kappa shape index (κ1) is 28.5. The van der Waals surface area contributed by atoms with Crippen molar-refractivity contribution < 1.29 is 19.1 Å². The first-order chi connectivity index (χ1) is 19.7. The number of carbonyl (C=O) groups is 2. The smallest absolute Gasteiger partial charge is 0.255 e. The number of likely N-dealkylation sites (tertiary alicyclic amines) is 1. The molecule has 0 spiro atoms. The van der Waals surface area contributed by atoms with Crippen LogP contribution in [0.2, 0.25) is 5.02 Å². The summed E-state index contributed by atoms with van der Waals surface area (Å²) in [5.41, 5.74) is 3.53. The summed E-state index contributed by atoms with van der Waals surface area (Å²) < 4.78 is 11.9. The van der Waals surface area contributed by atoms with E-state index in [1.807, 2.05) is 55.1 Å². The number of hydrogen-bond acceptors (Lipinski definition) is 7. The molecule has 3 N–H and O–H groups in total. The van der Waals surface area contributed by atoms with Crippen LogP contribution in [-0.2, 0) is 11.2 Å². The van der Waals surface area contributed by atoms with E-state index in [9.17, 15) is 9.59 Å². The van der Waals surface area contributed by atoms with Crippen LogP contribution in [0.3, 0.4) is 0 Å². The van der Waals surface area contributed by atoms with E-state index < -0.39 is 5.54 Å². The van der Waals surface area contributed by atoms with Crippen molar-refractivity contribution in [3.8, 4) is 22.8 Å². The van der Waals surface area contributed by atoms with Gasteiger partial charge in [0.05, 0.1) is 46.5 Å². The summed E-state index contributed by atoms with van der Waals surface area (Å²) in [5, 5.41) is 6.78. The Labute approximate surface area is 244 Å². The fourth-order valence-electron chi connectivity index (χ4n) is 5.18. The summed E-state index contributed by atoms with van der Waals surface area (Å²) in [6, 6.07) is 7.25. The Morgan fingerprint density at radius 2 is 2.15 bits per heavy atom. The average Bonchev–Trinajstić information content (AvgIpc) is 3.30. The lowest BCUT2D eigenvalue weighted by Crippen LogP contribution is -2.62. The number of pyridine rings is 1. The summed E-state index contributed by atoms with van der Waals surface area (Å²) in [4.78, 5) is 37.5. The molecule has 216 valence electrons. The van der Waals surface area contributed by atoms with Gasteiger partial charge >= 0.3 is 0 Å². The fraction of sp³-hybridized carbons (Fsp3) is 0.367. The Morgan fingerprint density at radius 3 is 2.88 bits per heavy atom. The summed E-state index contributed by atoms with van der Waals surface area (Å²) in [7, 11) is 5.47. The van der Waals surface area contributed by atoms with Gasteiger partial charge in [-0.05, 0) is 45.6 Å². The highest BCUT2D eigenvalue weighted by Gasteiger charge is 2.43. The number of nitrogens with one attached hydrogen (secondary N) is 3. The van der Waals surface area contributed by atoms with Crippen molar-refractivity contribution in [2.75, 3.05) is 52.8 Å². The number of hydrogen-bond donors (Lipinski definition) is 3. The van der Waals surface area contributed by atoms with Crippen LogP contribution in [0.1, 0.15) is 29.4 Å². The van der Waals surface area contributed by atoms with E-state index in [2.05, 4.69) is 20.6 Å². The molecule has 0 saturated carbocycles. The topological polar surface area (TPSA) is 112 Å². The van der Waals surface area contributed by atoms with Crippen LogP contribution < -0.4 is 20.1 Å². The second-order valence-electron chi connectivity index (χ2n) is 10.7. The summed E-state index contributed by atoms with van der Waals surface area (Å²) >= 11 is 6.39. The predicted octanol–water partition coefficient (Wildman–Crippen LogP) is 4.26. The maximum atomic E-state index is 13.0. The molecule has 1 saturated heterocycles. The zero-order chi connectivity index (χ0) is 29.1. The van der Waals surface area contributed by atoms with Gasteiger partial charge < -0.3 is 34.9 Å². The number of methoxy groups -OCH3 is 1. The predicted molar refractivity (Wildman–Crippen MR) is 159 cm³/mol. The van der Waals surface area contributed by atoms with Gasteiger partial charge in [0.15, 0.2) is 5.75 Å². The fourth-order valence-corrected chi connectivity index (χ4v) is 5.43. The number of aromatic nitrogens is 2. The quantitative estimate of drug-likeness (QED) is 0.308. The van der Waals surface area contributed by atoms with Crippen LogP contribution in [0, 0.1) is 0 Å². The molecule has 0 radical (unpaired) electrons. The molecule has 0 bridgehead atoms. The lowest BCUT2D eigenvalue weighted by atomic mass is 9.87. The molecule has 4 heterocycles. The zero-order valence-electron chi connectivity index (χ0n) is 23.7. The highest BCUT2D eigenvalue weighted by molar-refractivity contribution is 6.32. The number of nitrogens with zero attached hydrogens (tertiary/aromatic N) is 3. The number of fused-ring (bicyclic) bond motifs is 1. The molecule has 0 aliphatic carbocycles. The number of H-pyrrole nitrogens is 1. The van der Waals surface area contributed by atoms with Crippen molar-refractivity contribution in [3.63, 3.8) is 0 Å². The van der Waals surface area contributed by atoms with Gasteiger partial charge in [-0.25, -0.2) is 0 Å². The summed E-state index contributed by atoms with van der Waals surface area (Å²) in [6.07, 6.45) is 8.32. The monoisotopic (exact) mass is 578 g/mol. The molecule has 11 heteroatoms. The van der Waals surface area contributed by atoms with E-state index in [1.54, 1.807) is 31.6 Å². The Morgan fingerprint density at radius 1 is 1.32 bits per heavy atom. The van der Waals surface area contributed by atoms with Crippen molar-refractivity contribution >= 4 is 34.8 Å². The molecule has 2 amide bonds. The molecule has 10 nitrogen and oxygen atoms in total. The summed E-state index contributed by atoms with van der Waals surface area (Å²) in [6.45, 7) is 4.24. The van der Waals surface area contributed by atoms with Crippen molar-refractivity contribution in [3.05, 3.63) is 65.1 Å². The molecule has 1 aromatic carbocycles. The first-order valence-corrected chi connectivity index (χ1v) is 13.9. The number of likely N-dealkylation sites (N-methyl/N-ethyl adjacent to an activating group) is 1. The van der Waals surface area contributed by atoms with Crippen LogP contribution >= 0.6 is 11.6 Å². The molecule has 2 aromatic heterocycles. The van der Waals surface area contributed by atoms with Gasteiger partial charge in [0, 0.05) is 49.6 Å². The van der Waals surface area contributed by atoms with Crippen molar-refractivity contribution in [1.29, 1.82) is 0 Å². The lowest BCUT2D eigenvalue weighted by molar-refractivity contribution is -0.143. The van der Waals surface area contributed by atoms with Crippen LogP contribution in [-0.4, -0.2) is 84.6 Å². The Balaban J connectivity index is 1.45. The van der Waals surface area contributed by atoms with Gasteiger partial charge in [0.1, 0.15) is 12.4 Å². The van der Waals surface area contributed by atoms with E-state index >= 15 is 0 Å². The third kappa shape index (κ3) is 5.75. The van der Waals surface area contributed by atoms with E-state index in [1.165, 1.54) is 0 Å². The van der Waals surface area contributed by atoms with Crippen LogP contribution in [0.25, 0.3) is 11.3 Å². The van der Waals surface area contributed by atoms with Gasteiger partial charge in [0.25, 0.3) is 5.91 Å². The van der Waals surface area contributed by atoms with Gasteiger partial charge in [-0.2, -0.15) is 0 Å². The van der Waals surface area contributed by atoms with Gasteiger partial charge in [0.2, 0.25) is 5.91 Å². The molecule has 2 aliphatic rings. The average molecular weight is 579 g/mol. The molecule has 2 aliphatic heterocycles. The number of para-hydroxylation sites is 1. The second kappa shape index (κ2) is 11.8. The number of carbonyl (C=O) groups excluding carboxylic acids is 2. The molecule has 3 aromatic rings. The second-order valence-corrected chi connectivity index (χ2v) is 11.1. The number of aromatic amines is 1. The number of ether oxygens (including phenoxy) is 2. The molecule has 41 heavy (non-hydrogen) atoms. The Kier molecular flexibility index (Phi) is 8.23. The van der Waals surface area contributed by atoms with E-state index in [-0.39, 0.29) is 11.8 Å². The lowest BCUT2D eigenvalue weighted by Gasteiger charge is -2.49. The maximum absolute atomic E-state index is 13.0. The maximum Gasteiger partial charge on any atom is 0.255 e. The van der Waals surface area contributed by atoms with Crippen LogP contribution in [0.15, 0.2) is 48.8 Å². The molecule has 1 atom stereocenters. The van der Waals surface area contributed by atoms with E-state index in [0.29, 0.717) is 71.8 Å². The van der Waals surface area contributed by atoms with Crippen LogP contribution in [0.5, 0.6) is 11.5 Å². The van der Waals surface area contributed by atoms with E-state index in [0.717, 1.165) is 17.7 Å². The molecular formula is C30H35ClN6O4. The number of rotatable bonds is 10. The van der Waals surface area contributed by atoms with E-state index in [4.69, 9.17) is 21.1 Å². The minimum absolute atomic E-state index is 0.0272. The van der Waals surface area contributed by atoms with Gasteiger partial charge in [-0.1, -0.05) is 23.7 Å². The van der Waals surface area contributed by atoms with Gasteiger partial charge in [-0.3, -0.25) is 14.6 Å². The highest BCUT2D eigenvalue weighted by atomic mass is 35.5. The third-order valence-electron chi connectivity index (χ3n) is 7.51. The summed E-state index contributed by atoms with van der Waals surface area (Å²) in [5.74, 6) is 0.809. The van der Waals surface area contributed by atoms with Gasteiger partial charge in [-0.15, -0.1) is 0 Å². The van der Waals surface area contributed by atoms with Crippen LogP contribution in [0.4, 0.5) is 11.4 Å². The Bertz CT molecular complexity index is 1490. The standard InChI is InChI=1S/C30H35ClN6O4/c1-30(12-16-37(30)24(38)9-6-15-36(2)3)18-41-23-17-32-13-10-19(23)26-27(25-21(34-26)11-14-33-29(25)39)35-22-8-5-7-20(31)28(22)40-4/h5-10,13,17,34-35H,11-12,14-16,18H2,1-4H3,(H,33,39)/b9-6+/t30-/m0/s1. The normalized spacial score (nSPS) is 18.2. The SMILES string of the molecule is COc1c(Cl)cccc1Nc1c(-c2ccncc2OC[C@]2(C)CCN2C(=O)/C=C/CN(C)C)[nH]c2c1C(=O)NCC2. The molecule has 1 fully saturated rings.